The van der Waals surface area contributed by atoms with Crippen LogP contribution in [0.3, 0.4) is 0 Å². The van der Waals surface area contributed by atoms with Crippen LogP contribution in [0.15, 0.2) is 97.1 Å². The molecule has 146 valence electrons. The molecule has 0 saturated carbocycles. The van der Waals surface area contributed by atoms with Crippen molar-refractivity contribution in [1.29, 1.82) is 0 Å². The third-order valence-electron chi connectivity index (χ3n) is 6.37. The van der Waals surface area contributed by atoms with Gasteiger partial charge in [0.15, 0.2) is 0 Å². The van der Waals surface area contributed by atoms with Crippen LogP contribution in [0.2, 0.25) is 0 Å². The minimum atomic E-state index is 0. The molecule has 0 spiro atoms. The van der Waals surface area contributed by atoms with Gasteiger partial charge in [0, 0.05) is 11.8 Å². The quantitative estimate of drug-likeness (QED) is 0.417. The second-order valence-corrected chi connectivity index (χ2v) is 7.68. The van der Waals surface area contributed by atoms with Crippen molar-refractivity contribution < 1.29 is 51.0 Å². The van der Waals surface area contributed by atoms with E-state index >= 15 is 0 Å². The summed E-state index contributed by atoms with van der Waals surface area (Å²) in [6.45, 7) is 0. The molecular weight excluding hydrogens is 486 g/mol. The van der Waals surface area contributed by atoms with Crippen LogP contribution in [-0.4, -0.2) is 0 Å². The van der Waals surface area contributed by atoms with Crippen LogP contribution in [0.5, 0.6) is 0 Å². The van der Waals surface area contributed by atoms with Crippen LogP contribution < -0.4 is 35.3 Å². The van der Waals surface area contributed by atoms with Gasteiger partial charge in [0.2, 0.25) is 0 Å². The molecule has 0 aromatic heterocycles. The Bertz CT molecular complexity index is 1220. The minimum Gasteiger partial charge on any atom is -1.00 e. The van der Waals surface area contributed by atoms with Gasteiger partial charge >= 0.3 is 26.2 Å². The van der Waals surface area contributed by atoms with E-state index in [9.17, 15) is 0 Å². The molecule has 0 bridgehead atoms. The molecule has 0 nitrogen and oxygen atoms in total. The van der Waals surface area contributed by atoms with Gasteiger partial charge in [-0.1, -0.05) is 103 Å². The van der Waals surface area contributed by atoms with Gasteiger partial charge in [-0.2, -0.15) is 0 Å². The fourth-order valence-electron chi connectivity index (χ4n) is 5.22. The number of fused-ring (bicyclic) bond motifs is 5. The van der Waals surface area contributed by atoms with Crippen LogP contribution in [-0.2, 0) is 26.2 Å². The first-order valence-corrected chi connectivity index (χ1v) is 9.77. The zero-order chi connectivity index (χ0) is 17.8. The second-order valence-electron chi connectivity index (χ2n) is 7.68. The number of halogens is 2. The van der Waals surface area contributed by atoms with Gasteiger partial charge in [-0.05, 0) is 44.7 Å². The van der Waals surface area contributed by atoms with Crippen molar-refractivity contribution in [1.82, 2.24) is 0 Å². The first kappa shape index (κ1) is 23.0. The summed E-state index contributed by atoms with van der Waals surface area (Å²) < 4.78 is 0. The molecule has 3 aliphatic rings. The summed E-state index contributed by atoms with van der Waals surface area (Å²) in [6, 6.07) is 26.8. The van der Waals surface area contributed by atoms with E-state index in [-0.39, 0.29) is 51.0 Å². The van der Waals surface area contributed by atoms with Crippen LogP contribution in [0.1, 0.15) is 23.5 Å². The van der Waals surface area contributed by atoms with E-state index in [1.54, 1.807) is 5.57 Å². The summed E-state index contributed by atoms with van der Waals surface area (Å²) in [5, 5.41) is 2.85. The molecule has 1 unspecified atom stereocenters. The normalized spacial score (nSPS) is 17.1. The summed E-state index contributed by atoms with van der Waals surface area (Å²) in [5.41, 5.74) is 8.81. The van der Waals surface area contributed by atoms with Crippen molar-refractivity contribution in [2.75, 3.05) is 0 Å². The fourth-order valence-corrected chi connectivity index (χ4v) is 5.22. The molecule has 30 heavy (non-hydrogen) atoms. The Labute approximate surface area is 209 Å². The monoisotopic (exact) mass is 504 g/mol. The van der Waals surface area contributed by atoms with Crippen molar-refractivity contribution in [2.24, 2.45) is 5.92 Å². The molecule has 3 aromatic carbocycles. The van der Waals surface area contributed by atoms with Gasteiger partial charge in [0.1, 0.15) is 0 Å². The Morgan fingerprint density at radius 1 is 0.633 bits per heavy atom. The van der Waals surface area contributed by atoms with Gasteiger partial charge < -0.3 is 24.8 Å². The number of rotatable bonds is 2. The first-order valence-electron chi connectivity index (χ1n) is 9.77. The smallest absolute Gasteiger partial charge is 1.00 e. The SMILES string of the molecule is C1=CC2=c3ccccc3=C(CC3c4ccccc4-c4ccccc43)C2C=C1.[Cl-].[Cl-].[Zr+2]. The Hall–Kier alpha value is -1.66. The van der Waals surface area contributed by atoms with E-state index in [1.165, 1.54) is 38.3 Å². The van der Waals surface area contributed by atoms with E-state index in [2.05, 4.69) is 97.1 Å². The molecule has 1 atom stereocenters. The Kier molecular flexibility index (Phi) is 7.08. The average molecular weight is 507 g/mol. The number of allylic oxidation sites excluding steroid dienone is 4. The molecule has 0 aliphatic heterocycles. The van der Waals surface area contributed by atoms with Crippen molar-refractivity contribution in [2.45, 2.75) is 12.3 Å². The molecule has 3 aromatic rings. The van der Waals surface area contributed by atoms with Crippen LogP contribution >= 0.6 is 0 Å². The zero-order valence-corrected chi connectivity index (χ0v) is 20.3. The van der Waals surface area contributed by atoms with Crippen LogP contribution in [0, 0.1) is 5.92 Å². The molecule has 6 rings (SSSR count). The minimum absolute atomic E-state index is 0. The molecule has 3 aliphatic carbocycles. The molecule has 0 radical (unpaired) electrons. The first-order chi connectivity index (χ1) is 13.4. The van der Waals surface area contributed by atoms with Gasteiger partial charge in [0.25, 0.3) is 0 Å². The summed E-state index contributed by atoms with van der Waals surface area (Å²) in [4.78, 5) is 0. The molecule has 0 fully saturated rings. The second kappa shape index (κ2) is 9.23. The molecular formula is C27H20Cl2Zr. The Morgan fingerprint density at radius 2 is 1.20 bits per heavy atom. The molecule has 3 heteroatoms. The van der Waals surface area contributed by atoms with E-state index in [1.807, 2.05) is 0 Å². The standard InChI is InChI=1S/C27H20.2ClH.Zr/c1-5-13-22-18(9-1)19-10-2-6-14-23(19)26(22)17-27-24-15-7-3-11-20(24)21-12-4-8-16-25(21)27;;;/h1-16,22,27H,17H2;2*1H;/q;;;+2/p-2. The molecule has 0 N–H and O–H groups in total. The van der Waals surface area contributed by atoms with Crippen molar-refractivity contribution in [3.05, 3.63) is 119 Å². The number of hydrogen-bond donors (Lipinski definition) is 0. The summed E-state index contributed by atoms with van der Waals surface area (Å²) >= 11 is 0. The van der Waals surface area contributed by atoms with Gasteiger partial charge in [-0.15, -0.1) is 0 Å². The number of hydrogen-bond acceptors (Lipinski definition) is 0. The van der Waals surface area contributed by atoms with E-state index in [0.717, 1.165) is 6.42 Å². The largest absolute Gasteiger partial charge is 2.00 e. The third kappa shape index (κ3) is 3.42. The molecule has 0 heterocycles. The maximum Gasteiger partial charge on any atom is 2.00 e. The van der Waals surface area contributed by atoms with Crippen molar-refractivity contribution >= 4 is 11.1 Å². The van der Waals surface area contributed by atoms with Crippen LogP contribution in [0.25, 0.3) is 22.3 Å². The summed E-state index contributed by atoms with van der Waals surface area (Å²) in [5.74, 6) is 0.867. The van der Waals surface area contributed by atoms with Crippen molar-refractivity contribution in [3.8, 4) is 11.1 Å². The van der Waals surface area contributed by atoms with E-state index < -0.39 is 0 Å². The predicted molar refractivity (Wildman–Crippen MR) is 113 cm³/mol. The summed E-state index contributed by atoms with van der Waals surface area (Å²) in [6.07, 6.45) is 10.1. The topological polar surface area (TPSA) is 0 Å². The number of benzene rings is 3. The summed E-state index contributed by atoms with van der Waals surface area (Å²) in [7, 11) is 0. The Morgan fingerprint density at radius 3 is 1.87 bits per heavy atom. The average Bonchev–Trinajstić information content (AvgIpc) is 3.23. The van der Waals surface area contributed by atoms with E-state index in [0.29, 0.717) is 11.8 Å². The van der Waals surface area contributed by atoms with E-state index in [4.69, 9.17) is 0 Å². The molecule has 0 amide bonds. The van der Waals surface area contributed by atoms with Crippen molar-refractivity contribution in [3.63, 3.8) is 0 Å². The Balaban J connectivity index is 0.000000853. The van der Waals surface area contributed by atoms with Gasteiger partial charge in [-0.3, -0.25) is 0 Å². The van der Waals surface area contributed by atoms with Crippen LogP contribution in [0.4, 0.5) is 0 Å². The maximum absolute atomic E-state index is 2.37. The van der Waals surface area contributed by atoms with Gasteiger partial charge in [-0.25, -0.2) is 0 Å². The zero-order valence-electron chi connectivity index (χ0n) is 16.4. The van der Waals surface area contributed by atoms with Gasteiger partial charge in [0.05, 0.1) is 0 Å². The maximum atomic E-state index is 2.37. The third-order valence-corrected chi connectivity index (χ3v) is 6.37. The predicted octanol–water partition coefficient (Wildman–Crippen LogP) is -1.05. The molecule has 0 saturated heterocycles. The fraction of sp³-hybridized carbons (Fsp3) is 0.111.